The van der Waals surface area contributed by atoms with Crippen LogP contribution in [0.5, 0.6) is 5.75 Å². The Balaban J connectivity index is 1.54. The van der Waals surface area contributed by atoms with E-state index >= 15 is 0 Å². The predicted molar refractivity (Wildman–Crippen MR) is 142 cm³/mol. The molecule has 1 aromatic carbocycles. The molecule has 4 atom stereocenters. The molecule has 0 spiro atoms. The minimum Gasteiger partial charge on any atom is -0.510 e. The lowest BCUT2D eigenvalue weighted by atomic mass is 9.58. The SMILES string of the molecule is CN1CCN(C(=O)Nc2ccc3c(c2O)C(=O)C2=C(O)[C@]4(O)C(=O)C(C(N)=O)=C(O)[C@@H](N(C)C)C4CC2C3)CC1. The number of aliphatic hydroxyl groups is 3. The monoisotopic (exact) mass is 555 g/mol. The third kappa shape index (κ3) is 3.95. The number of nitrogens with two attached hydrogens (primary N) is 1. The summed E-state index contributed by atoms with van der Waals surface area (Å²) in [5, 5.41) is 47.6. The number of hydrogen-bond donors (Lipinski definition) is 6. The number of nitrogens with zero attached hydrogens (tertiary/aromatic N) is 3. The van der Waals surface area contributed by atoms with Crippen LogP contribution in [-0.4, -0.2) is 118 Å². The van der Waals surface area contributed by atoms with Crippen molar-refractivity contribution >= 4 is 29.2 Å². The maximum Gasteiger partial charge on any atom is 0.322 e. The van der Waals surface area contributed by atoms with E-state index < -0.39 is 69.8 Å². The summed E-state index contributed by atoms with van der Waals surface area (Å²) in [4.78, 5) is 57.2. The number of primary amides is 1. The number of nitrogens with one attached hydrogen (secondary N) is 1. The number of benzene rings is 1. The van der Waals surface area contributed by atoms with Crippen LogP contribution < -0.4 is 11.1 Å². The average Bonchev–Trinajstić information content (AvgIpc) is 2.87. The van der Waals surface area contributed by atoms with Crippen LogP contribution in [0.4, 0.5) is 10.5 Å². The largest absolute Gasteiger partial charge is 0.510 e. The number of amides is 3. The first-order valence-corrected chi connectivity index (χ1v) is 13.0. The molecule has 1 aliphatic heterocycles. The molecule has 0 saturated carbocycles. The van der Waals surface area contributed by atoms with Gasteiger partial charge in [-0.05, 0) is 51.5 Å². The van der Waals surface area contributed by atoms with E-state index in [4.69, 9.17) is 5.73 Å². The Morgan fingerprint density at radius 3 is 2.35 bits per heavy atom. The number of phenols is 1. The molecule has 3 amide bonds. The van der Waals surface area contributed by atoms with Gasteiger partial charge in [0.2, 0.25) is 5.78 Å². The molecule has 40 heavy (non-hydrogen) atoms. The molecule has 2 unspecified atom stereocenters. The van der Waals surface area contributed by atoms with E-state index in [1.165, 1.54) is 11.0 Å². The molecule has 1 fully saturated rings. The fourth-order valence-electron chi connectivity index (χ4n) is 6.53. The number of Topliss-reactive ketones (excluding diaryl/α,β-unsaturated/α-hetero) is 2. The first-order chi connectivity index (χ1) is 18.8. The minimum absolute atomic E-state index is 0.00671. The van der Waals surface area contributed by atoms with Gasteiger partial charge in [0.05, 0.1) is 17.3 Å². The second-order valence-corrected chi connectivity index (χ2v) is 11.2. The molecule has 0 bridgehead atoms. The maximum absolute atomic E-state index is 13.8. The van der Waals surface area contributed by atoms with Crippen LogP contribution in [0.25, 0.3) is 0 Å². The summed E-state index contributed by atoms with van der Waals surface area (Å²) in [6, 6.07) is 1.63. The number of urea groups is 1. The van der Waals surface area contributed by atoms with Gasteiger partial charge in [0.1, 0.15) is 17.1 Å². The Labute approximate surface area is 230 Å². The van der Waals surface area contributed by atoms with Crippen molar-refractivity contribution in [3.8, 4) is 5.75 Å². The van der Waals surface area contributed by atoms with E-state index in [0.717, 1.165) is 0 Å². The summed E-state index contributed by atoms with van der Waals surface area (Å²) in [6.07, 6.45) is 0.184. The number of hydrogen-bond acceptors (Lipinski definition) is 10. The van der Waals surface area contributed by atoms with Gasteiger partial charge in [-0.25, -0.2) is 4.79 Å². The van der Waals surface area contributed by atoms with Gasteiger partial charge in [0.25, 0.3) is 5.91 Å². The highest BCUT2D eigenvalue weighted by Gasteiger charge is 2.63. The number of anilines is 1. The number of piperazine rings is 1. The molecule has 214 valence electrons. The molecule has 13 heteroatoms. The zero-order chi connectivity index (χ0) is 29.3. The summed E-state index contributed by atoms with van der Waals surface area (Å²) in [6.45, 7) is 2.38. The van der Waals surface area contributed by atoms with E-state index in [0.29, 0.717) is 31.7 Å². The zero-order valence-electron chi connectivity index (χ0n) is 22.5. The fourth-order valence-corrected chi connectivity index (χ4v) is 6.53. The Hall–Kier alpha value is -3.94. The quantitative estimate of drug-likeness (QED) is 0.216. The van der Waals surface area contributed by atoms with Crippen molar-refractivity contribution in [3.05, 3.63) is 45.9 Å². The van der Waals surface area contributed by atoms with Crippen molar-refractivity contribution in [2.45, 2.75) is 24.5 Å². The van der Waals surface area contributed by atoms with Crippen LogP contribution in [0.1, 0.15) is 22.3 Å². The Kier molecular flexibility index (Phi) is 6.63. The van der Waals surface area contributed by atoms with Gasteiger partial charge in [-0.3, -0.25) is 19.3 Å². The molecule has 1 saturated heterocycles. The van der Waals surface area contributed by atoms with Crippen molar-refractivity contribution in [1.29, 1.82) is 0 Å². The van der Waals surface area contributed by atoms with Gasteiger partial charge >= 0.3 is 6.03 Å². The van der Waals surface area contributed by atoms with Gasteiger partial charge < -0.3 is 41.3 Å². The summed E-state index contributed by atoms with van der Waals surface area (Å²) in [5.74, 6) is -7.16. The van der Waals surface area contributed by atoms with Gasteiger partial charge in [-0.2, -0.15) is 0 Å². The molecule has 4 aliphatic rings. The van der Waals surface area contributed by atoms with Gasteiger partial charge in [-0.1, -0.05) is 6.07 Å². The number of aliphatic hydroxyl groups excluding tert-OH is 2. The van der Waals surface area contributed by atoms with Crippen LogP contribution >= 0.6 is 0 Å². The highest BCUT2D eigenvalue weighted by Crippen LogP contribution is 2.52. The molecule has 3 aliphatic carbocycles. The van der Waals surface area contributed by atoms with Crippen molar-refractivity contribution in [1.82, 2.24) is 14.7 Å². The van der Waals surface area contributed by atoms with Crippen molar-refractivity contribution in [3.63, 3.8) is 0 Å². The molecule has 1 aromatic rings. The lowest BCUT2D eigenvalue weighted by Gasteiger charge is -2.50. The summed E-state index contributed by atoms with van der Waals surface area (Å²) in [7, 11) is 5.10. The van der Waals surface area contributed by atoms with E-state index in [9.17, 15) is 39.6 Å². The fraction of sp³-hybridized carbons (Fsp3) is 0.481. The second-order valence-electron chi connectivity index (χ2n) is 11.2. The van der Waals surface area contributed by atoms with E-state index in [1.54, 1.807) is 25.1 Å². The van der Waals surface area contributed by atoms with Crippen LogP contribution in [0.15, 0.2) is 34.8 Å². The molecule has 0 radical (unpaired) electrons. The number of aromatic hydroxyl groups is 1. The Morgan fingerprint density at radius 1 is 1.10 bits per heavy atom. The number of likely N-dealkylation sites (N-methyl/N-ethyl adjacent to an activating group) is 2. The summed E-state index contributed by atoms with van der Waals surface area (Å²) < 4.78 is 0. The van der Waals surface area contributed by atoms with E-state index in [1.807, 2.05) is 7.05 Å². The summed E-state index contributed by atoms with van der Waals surface area (Å²) in [5.41, 5.74) is 1.86. The third-order valence-corrected chi connectivity index (χ3v) is 8.63. The van der Waals surface area contributed by atoms with Gasteiger partial charge in [-0.15, -0.1) is 0 Å². The van der Waals surface area contributed by atoms with Crippen LogP contribution in [0.3, 0.4) is 0 Å². The lowest BCUT2D eigenvalue weighted by Crippen LogP contribution is -2.63. The zero-order valence-corrected chi connectivity index (χ0v) is 22.5. The van der Waals surface area contributed by atoms with E-state index in [-0.39, 0.29) is 29.7 Å². The van der Waals surface area contributed by atoms with E-state index in [2.05, 4.69) is 10.2 Å². The number of rotatable bonds is 3. The lowest BCUT2D eigenvalue weighted by molar-refractivity contribution is -0.148. The van der Waals surface area contributed by atoms with Crippen molar-refractivity contribution in [2.75, 3.05) is 52.6 Å². The third-order valence-electron chi connectivity index (χ3n) is 8.63. The highest BCUT2D eigenvalue weighted by molar-refractivity contribution is 6.25. The molecule has 7 N–H and O–H groups in total. The average molecular weight is 556 g/mol. The predicted octanol–water partition coefficient (Wildman–Crippen LogP) is -0.100. The highest BCUT2D eigenvalue weighted by atomic mass is 16.3. The molecule has 5 rings (SSSR count). The maximum atomic E-state index is 13.8. The molecular weight excluding hydrogens is 522 g/mol. The summed E-state index contributed by atoms with van der Waals surface area (Å²) >= 11 is 0. The standard InChI is InChI=1S/C27H33N5O8/c1-30(2)19-14-11-13-10-12-4-5-15(29-26(39)32-8-6-31(3)7-9-32)20(33)16(12)21(34)17(13)23(36)27(14,40)24(37)18(22(19)35)25(28)38/h4-5,13-14,19,33,35-36,40H,6-11H2,1-3H3,(H2,28,38)(H,29,39)/t13?,14?,19-,27-/m0/s1. The first-order valence-electron chi connectivity index (χ1n) is 13.0. The number of allylic oxidation sites excluding steroid dienone is 1. The number of ketones is 2. The Bertz CT molecular complexity index is 1390. The van der Waals surface area contributed by atoms with Crippen LogP contribution in [0.2, 0.25) is 0 Å². The Morgan fingerprint density at radius 2 is 1.75 bits per heavy atom. The number of carbonyl (C=O) groups excluding carboxylic acids is 4. The van der Waals surface area contributed by atoms with Crippen LogP contribution in [-0.2, 0) is 16.0 Å². The van der Waals surface area contributed by atoms with Gasteiger partial charge in [0, 0.05) is 37.7 Å². The smallest absolute Gasteiger partial charge is 0.322 e. The normalized spacial score (nSPS) is 28.8. The number of carbonyl (C=O) groups is 4. The van der Waals surface area contributed by atoms with Crippen molar-refractivity contribution in [2.24, 2.45) is 17.6 Å². The van der Waals surface area contributed by atoms with Crippen molar-refractivity contribution < 1.29 is 39.6 Å². The molecule has 13 nitrogen and oxygen atoms in total. The topological polar surface area (TPSA) is 197 Å². The molecule has 0 aromatic heterocycles. The minimum atomic E-state index is -2.70. The van der Waals surface area contributed by atoms with Crippen LogP contribution in [0, 0.1) is 11.8 Å². The number of fused-ring (bicyclic) bond motifs is 3. The molecular formula is C27H33N5O8. The van der Waals surface area contributed by atoms with Gasteiger partial charge in [0.15, 0.2) is 17.1 Å². The first kappa shape index (κ1) is 27.6. The number of phenolic OH excluding ortho intramolecular Hbond substituents is 1. The molecule has 1 heterocycles. The second kappa shape index (κ2) is 9.61.